The molecule has 2 aromatic heterocycles. The molecule has 0 unspecified atom stereocenters. The van der Waals surface area contributed by atoms with Crippen LogP contribution >= 0.6 is 0 Å². The van der Waals surface area contributed by atoms with Gasteiger partial charge in [-0.25, -0.2) is 4.98 Å². The fourth-order valence-corrected chi connectivity index (χ4v) is 2.69. The van der Waals surface area contributed by atoms with Gasteiger partial charge in [0.25, 0.3) is 0 Å². The van der Waals surface area contributed by atoms with Gasteiger partial charge in [0.1, 0.15) is 11.6 Å². The molecule has 0 bridgehead atoms. The Balaban J connectivity index is 1.57. The van der Waals surface area contributed by atoms with Crippen molar-refractivity contribution < 1.29 is 5.11 Å². The van der Waals surface area contributed by atoms with Crippen LogP contribution in [0.1, 0.15) is 5.69 Å². The maximum atomic E-state index is 9.84. The Kier molecular flexibility index (Phi) is 3.70. The smallest absolute Gasteiger partial charge is 0.229 e. The van der Waals surface area contributed by atoms with Crippen LogP contribution in [0, 0.1) is 6.92 Å². The monoisotopic (exact) mass is 331 g/mol. The van der Waals surface area contributed by atoms with Crippen molar-refractivity contribution in [3.8, 4) is 5.75 Å². The maximum Gasteiger partial charge on any atom is 0.229 e. The summed E-state index contributed by atoms with van der Waals surface area (Å²) in [5.41, 5.74) is 3.73. The summed E-state index contributed by atoms with van der Waals surface area (Å²) in [5.74, 6) is 1.22. The van der Waals surface area contributed by atoms with Crippen LogP contribution in [-0.4, -0.2) is 20.1 Å². The van der Waals surface area contributed by atoms with Crippen LogP contribution in [0.5, 0.6) is 5.75 Å². The normalized spacial score (nSPS) is 10.8. The van der Waals surface area contributed by atoms with Crippen LogP contribution in [0.25, 0.3) is 10.9 Å². The van der Waals surface area contributed by atoms with Crippen LogP contribution in [0.15, 0.2) is 60.8 Å². The third-order valence-corrected chi connectivity index (χ3v) is 3.83. The zero-order chi connectivity index (χ0) is 17.2. The quantitative estimate of drug-likeness (QED) is 0.415. The number of hydrogen-bond acceptors (Lipinski definition) is 5. The lowest BCUT2D eigenvalue weighted by Gasteiger charge is -2.09. The molecular weight excluding hydrogens is 314 g/mol. The minimum absolute atomic E-state index is 0.151. The molecule has 6 nitrogen and oxygen atoms in total. The minimum Gasteiger partial charge on any atom is -0.506 e. The second-order valence-corrected chi connectivity index (χ2v) is 5.79. The topological polar surface area (TPSA) is 85.9 Å². The number of benzene rings is 2. The van der Waals surface area contributed by atoms with E-state index in [0.29, 0.717) is 17.5 Å². The van der Waals surface area contributed by atoms with Gasteiger partial charge in [0.05, 0.1) is 5.69 Å². The molecule has 4 rings (SSSR count). The van der Waals surface area contributed by atoms with Crippen molar-refractivity contribution >= 4 is 34.0 Å². The number of aryl methyl sites for hydroxylation is 1. The van der Waals surface area contributed by atoms with E-state index in [1.165, 1.54) is 0 Å². The first-order valence-corrected chi connectivity index (χ1v) is 7.92. The summed E-state index contributed by atoms with van der Waals surface area (Å²) in [6.45, 7) is 2.04. The van der Waals surface area contributed by atoms with Crippen molar-refractivity contribution in [2.24, 2.45) is 0 Å². The third kappa shape index (κ3) is 3.23. The molecule has 0 spiro atoms. The third-order valence-electron chi connectivity index (χ3n) is 3.83. The Morgan fingerprint density at radius 3 is 2.76 bits per heavy atom. The molecule has 4 N–H and O–H groups in total. The average molecular weight is 331 g/mol. The summed E-state index contributed by atoms with van der Waals surface area (Å²) in [5, 5.41) is 17.3. The van der Waals surface area contributed by atoms with E-state index in [4.69, 9.17) is 0 Å². The Hall–Kier alpha value is -3.54. The Morgan fingerprint density at radius 2 is 1.88 bits per heavy atom. The minimum atomic E-state index is 0.151. The van der Waals surface area contributed by atoms with Crippen molar-refractivity contribution in [1.82, 2.24) is 15.0 Å². The van der Waals surface area contributed by atoms with E-state index >= 15 is 0 Å². The molecule has 0 radical (unpaired) electrons. The number of aromatic nitrogens is 3. The predicted octanol–water partition coefficient (Wildman–Crippen LogP) is 4.46. The number of aromatic amines is 1. The molecular formula is C19H17N5O. The number of anilines is 4. The van der Waals surface area contributed by atoms with E-state index in [1.54, 1.807) is 30.5 Å². The zero-order valence-corrected chi connectivity index (χ0v) is 13.6. The lowest BCUT2D eigenvalue weighted by molar-refractivity contribution is 0.477. The predicted molar refractivity (Wildman–Crippen MR) is 99.7 cm³/mol. The van der Waals surface area contributed by atoms with Gasteiger partial charge in [-0.3, -0.25) is 0 Å². The number of phenolic OH excluding ortho intramolecular Hbond substituents is 1. The van der Waals surface area contributed by atoms with E-state index < -0.39 is 0 Å². The molecule has 0 atom stereocenters. The highest BCUT2D eigenvalue weighted by Crippen LogP contribution is 2.25. The van der Waals surface area contributed by atoms with Gasteiger partial charge in [-0.2, -0.15) is 4.98 Å². The summed E-state index contributed by atoms with van der Waals surface area (Å²) < 4.78 is 0. The molecule has 4 aromatic rings. The molecule has 2 heterocycles. The van der Waals surface area contributed by atoms with Gasteiger partial charge < -0.3 is 20.7 Å². The Labute approximate surface area is 144 Å². The number of hydrogen-bond donors (Lipinski definition) is 4. The maximum absolute atomic E-state index is 9.84. The van der Waals surface area contributed by atoms with Crippen LogP contribution in [0.4, 0.5) is 23.1 Å². The van der Waals surface area contributed by atoms with E-state index in [2.05, 4.69) is 37.7 Å². The summed E-state index contributed by atoms with van der Waals surface area (Å²) in [7, 11) is 0. The molecule has 0 saturated heterocycles. The Bertz CT molecular complexity index is 1040. The zero-order valence-electron chi connectivity index (χ0n) is 13.6. The van der Waals surface area contributed by atoms with Crippen molar-refractivity contribution in [3.63, 3.8) is 0 Å². The molecule has 124 valence electrons. The van der Waals surface area contributed by atoms with Gasteiger partial charge in [-0.15, -0.1) is 0 Å². The molecule has 0 aliphatic heterocycles. The number of H-pyrrole nitrogens is 1. The van der Waals surface area contributed by atoms with E-state index in [-0.39, 0.29) is 5.75 Å². The highest BCUT2D eigenvalue weighted by molar-refractivity contribution is 5.84. The van der Waals surface area contributed by atoms with E-state index in [1.807, 2.05) is 25.1 Å². The molecule has 0 aliphatic rings. The summed E-state index contributed by atoms with van der Waals surface area (Å²) in [6, 6.07) is 17.0. The van der Waals surface area contributed by atoms with Gasteiger partial charge in [-0.1, -0.05) is 12.1 Å². The molecule has 6 heteroatoms. The first-order valence-electron chi connectivity index (χ1n) is 7.92. The van der Waals surface area contributed by atoms with Gasteiger partial charge in [0, 0.05) is 28.5 Å². The first-order chi connectivity index (χ1) is 12.2. The van der Waals surface area contributed by atoms with E-state index in [9.17, 15) is 5.11 Å². The van der Waals surface area contributed by atoms with Gasteiger partial charge in [-0.05, 0) is 49.4 Å². The Morgan fingerprint density at radius 1 is 1.00 bits per heavy atom. The van der Waals surface area contributed by atoms with Gasteiger partial charge >= 0.3 is 0 Å². The average Bonchev–Trinajstić information content (AvgIpc) is 2.97. The number of aromatic hydroxyl groups is 1. The number of nitrogens with zero attached hydrogens (tertiary/aromatic N) is 2. The fraction of sp³-hybridized carbons (Fsp3) is 0.0526. The number of phenols is 1. The number of fused-ring (bicyclic) bond motifs is 1. The molecule has 0 fully saturated rings. The van der Waals surface area contributed by atoms with Crippen LogP contribution in [0.2, 0.25) is 0 Å². The van der Waals surface area contributed by atoms with E-state index in [0.717, 1.165) is 22.3 Å². The number of nitrogens with one attached hydrogen (secondary N) is 3. The van der Waals surface area contributed by atoms with Gasteiger partial charge in [0.2, 0.25) is 5.95 Å². The fourth-order valence-electron chi connectivity index (χ4n) is 2.69. The van der Waals surface area contributed by atoms with Crippen molar-refractivity contribution in [2.45, 2.75) is 6.92 Å². The lowest BCUT2D eigenvalue weighted by atomic mass is 10.2. The first kappa shape index (κ1) is 15.0. The lowest BCUT2D eigenvalue weighted by Crippen LogP contribution is -2.00. The molecule has 2 aromatic carbocycles. The largest absolute Gasteiger partial charge is 0.506 e. The highest BCUT2D eigenvalue weighted by Gasteiger charge is 2.05. The van der Waals surface area contributed by atoms with Crippen molar-refractivity contribution in [2.75, 3.05) is 10.6 Å². The van der Waals surface area contributed by atoms with Crippen LogP contribution in [-0.2, 0) is 0 Å². The summed E-state index contributed by atoms with van der Waals surface area (Å²) in [4.78, 5) is 11.9. The molecule has 0 amide bonds. The molecule has 0 saturated carbocycles. The highest BCUT2D eigenvalue weighted by atomic mass is 16.3. The second-order valence-electron chi connectivity index (χ2n) is 5.79. The van der Waals surface area contributed by atoms with Gasteiger partial charge in [0.15, 0.2) is 0 Å². The second kappa shape index (κ2) is 6.16. The summed E-state index contributed by atoms with van der Waals surface area (Å²) >= 11 is 0. The van der Waals surface area contributed by atoms with Crippen molar-refractivity contribution in [1.29, 1.82) is 0 Å². The summed E-state index contributed by atoms with van der Waals surface area (Å²) in [6.07, 6.45) is 1.66. The van der Waals surface area contributed by atoms with Crippen LogP contribution < -0.4 is 10.6 Å². The number of para-hydroxylation sites is 2. The van der Waals surface area contributed by atoms with Crippen LogP contribution in [0.3, 0.4) is 0 Å². The molecule has 25 heavy (non-hydrogen) atoms. The standard InChI is InChI=1S/C19H17N5O/c1-12-10-13-11-14(6-7-15(13)21-12)22-18-8-9-20-19(24-18)23-16-4-2-3-5-17(16)25/h2-11,21,25H,1H3,(H2,20,22,23,24). The number of rotatable bonds is 4. The SMILES string of the molecule is Cc1cc2cc(Nc3ccnc(Nc4ccccc4O)n3)ccc2[nH]1. The molecule has 0 aliphatic carbocycles. The van der Waals surface area contributed by atoms with Crippen molar-refractivity contribution in [3.05, 3.63) is 66.5 Å².